The number of pyridine rings is 2. The minimum atomic E-state index is -0.283. The van der Waals surface area contributed by atoms with E-state index in [1.54, 1.807) is 30.7 Å². The summed E-state index contributed by atoms with van der Waals surface area (Å²) >= 11 is 0. The Morgan fingerprint density at radius 3 is 2.55 bits per heavy atom. The molecule has 38 heavy (non-hydrogen) atoms. The van der Waals surface area contributed by atoms with E-state index in [4.69, 9.17) is 0 Å². The SMILES string of the molecule is CCCCC(=O)Nc1cncc(-c2ccc3[nH]nc(-c4cc5c(-c6ccc(F)cc6)nccc5[nH]4)c3c2)c1. The molecule has 0 atom stereocenters. The molecular formula is C30H25FN6O. The van der Waals surface area contributed by atoms with Crippen LogP contribution >= 0.6 is 0 Å². The van der Waals surface area contributed by atoms with Crippen molar-refractivity contribution >= 4 is 33.4 Å². The number of carbonyl (C=O) groups excluding carboxylic acids is 1. The number of hydrogen-bond donors (Lipinski definition) is 3. The van der Waals surface area contributed by atoms with Crippen LogP contribution in [0.25, 0.3) is 55.6 Å². The van der Waals surface area contributed by atoms with E-state index in [1.807, 2.05) is 30.3 Å². The number of aromatic amines is 2. The summed E-state index contributed by atoms with van der Waals surface area (Å²) in [6.07, 6.45) is 7.50. The Hall–Kier alpha value is -4.85. The molecule has 0 bridgehead atoms. The quantitative estimate of drug-likeness (QED) is 0.216. The largest absolute Gasteiger partial charge is 0.353 e. The van der Waals surface area contributed by atoms with Gasteiger partial charge in [-0.2, -0.15) is 5.10 Å². The molecule has 0 aliphatic carbocycles. The Morgan fingerprint density at radius 1 is 0.895 bits per heavy atom. The summed E-state index contributed by atoms with van der Waals surface area (Å²) in [6, 6.07) is 18.3. The zero-order chi connectivity index (χ0) is 26.1. The van der Waals surface area contributed by atoms with E-state index in [0.717, 1.165) is 68.4 Å². The van der Waals surface area contributed by atoms with E-state index in [2.05, 4.69) is 43.5 Å². The van der Waals surface area contributed by atoms with Gasteiger partial charge in [-0.05, 0) is 66.6 Å². The fourth-order valence-corrected chi connectivity index (χ4v) is 4.65. The second kappa shape index (κ2) is 9.89. The van der Waals surface area contributed by atoms with Gasteiger partial charge in [0.25, 0.3) is 0 Å². The van der Waals surface area contributed by atoms with Crippen LogP contribution in [0.3, 0.4) is 0 Å². The molecular weight excluding hydrogens is 479 g/mol. The Morgan fingerprint density at radius 2 is 1.71 bits per heavy atom. The predicted molar refractivity (Wildman–Crippen MR) is 148 cm³/mol. The molecule has 4 heterocycles. The molecule has 7 nitrogen and oxygen atoms in total. The van der Waals surface area contributed by atoms with Crippen LogP contribution in [-0.4, -0.2) is 31.1 Å². The van der Waals surface area contributed by atoms with Gasteiger partial charge in [0.05, 0.1) is 28.8 Å². The topological polar surface area (TPSA) is 99.3 Å². The van der Waals surface area contributed by atoms with Crippen LogP contribution in [-0.2, 0) is 4.79 Å². The number of fused-ring (bicyclic) bond motifs is 2. The van der Waals surface area contributed by atoms with Gasteiger partial charge in [0.2, 0.25) is 5.91 Å². The first-order valence-electron chi connectivity index (χ1n) is 12.6. The van der Waals surface area contributed by atoms with Crippen LogP contribution in [0, 0.1) is 5.82 Å². The van der Waals surface area contributed by atoms with E-state index in [-0.39, 0.29) is 11.7 Å². The van der Waals surface area contributed by atoms with Crippen LogP contribution in [0.1, 0.15) is 26.2 Å². The summed E-state index contributed by atoms with van der Waals surface area (Å²) < 4.78 is 13.5. The lowest BCUT2D eigenvalue weighted by atomic mass is 10.0. The second-order valence-electron chi connectivity index (χ2n) is 9.26. The van der Waals surface area contributed by atoms with Crippen LogP contribution in [0.4, 0.5) is 10.1 Å². The van der Waals surface area contributed by atoms with Crippen molar-refractivity contribution in [3.63, 3.8) is 0 Å². The van der Waals surface area contributed by atoms with Crippen LogP contribution in [0.15, 0.2) is 79.3 Å². The van der Waals surface area contributed by atoms with E-state index >= 15 is 0 Å². The molecule has 0 saturated heterocycles. The third-order valence-electron chi connectivity index (χ3n) is 6.60. The Balaban J connectivity index is 1.37. The first-order chi connectivity index (χ1) is 18.6. The van der Waals surface area contributed by atoms with Crippen LogP contribution < -0.4 is 5.32 Å². The number of hydrogen-bond acceptors (Lipinski definition) is 4. The summed E-state index contributed by atoms with van der Waals surface area (Å²) in [6.45, 7) is 2.06. The van der Waals surface area contributed by atoms with E-state index in [1.165, 1.54) is 12.1 Å². The number of H-pyrrole nitrogens is 2. The maximum Gasteiger partial charge on any atom is 0.224 e. The molecule has 6 rings (SSSR count). The number of carbonyl (C=O) groups is 1. The maximum atomic E-state index is 13.5. The monoisotopic (exact) mass is 504 g/mol. The normalized spacial score (nSPS) is 11.3. The summed E-state index contributed by atoms with van der Waals surface area (Å²) in [4.78, 5) is 24.5. The van der Waals surface area contributed by atoms with Crippen LogP contribution in [0.2, 0.25) is 0 Å². The molecule has 0 aliphatic heterocycles. The number of amides is 1. The van der Waals surface area contributed by atoms with Gasteiger partial charge in [-0.15, -0.1) is 0 Å². The highest BCUT2D eigenvalue weighted by Crippen LogP contribution is 2.34. The van der Waals surface area contributed by atoms with Gasteiger partial charge >= 0.3 is 0 Å². The summed E-state index contributed by atoms with van der Waals surface area (Å²) in [5, 5.41) is 12.5. The highest BCUT2D eigenvalue weighted by Gasteiger charge is 2.15. The van der Waals surface area contributed by atoms with Gasteiger partial charge < -0.3 is 10.3 Å². The van der Waals surface area contributed by atoms with Crippen molar-refractivity contribution in [1.29, 1.82) is 0 Å². The molecule has 2 aromatic carbocycles. The van der Waals surface area contributed by atoms with Crippen molar-refractivity contribution in [3.8, 4) is 33.8 Å². The first kappa shape index (κ1) is 23.5. The average molecular weight is 505 g/mol. The predicted octanol–water partition coefficient (Wildman–Crippen LogP) is 7.10. The van der Waals surface area contributed by atoms with Crippen molar-refractivity contribution in [2.24, 2.45) is 0 Å². The van der Waals surface area contributed by atoms with E-state index in [9.17, 15) is 9.18 Å². The fraction of sp³-hybridized carbons (Fsp3) is 0.133. The third-order valence-corrected chi connectivity index (χ3v) is 6.60. The number of nitrogens with one attached hydrogen (secondary N) is 3. The number of anilines is 1. The lowest BCUT2D eigenvalue weighted by Gasteiger charge is -2.07. The highest BCUT2D eigenvalue weighted by molar-refractivity contribution is 6.01. The second-order valence-corrected chi connectivity index (χ2v) is 9.26. The molecule has 8 heteroatoms. The Labute approximate surface area is 218 Å². The number of aromatic nitrogens is 5. The van der Waals surface area contributed by atoms with Crippen molar-refractivity contribution in [1.82, 2.24) is 25.1 Å². The standard InChI is InChI=1S/C30H25FN6O/c1-2-3-4-28(38)34-22-13-20(16-32-17-22)19-7-10-26-23(14-19)30(37-36-26)27-15-24-25(35-27)11-12-33-29(24)18-5-8-21(31)9-6-18/h5-17,35H,2-4H2,1H3,(H,34,38)(H,36,37). The molecule has 0 saturated carbocycles. The Bertz CT molecular complexity index is 1770. The summed E-state index contributed by atoms with van der Waals surface area (Å²) in [7, 11) is 0. The van der Waals surface area contributed by atoms with Crippen molar-refractivity contribution in [2.75, 3.05) is 5.32 Å². The molecule has 0 spiro atoms. The number of unbranched alkanes of at least 4 members (excludes halogenated alkanes) is 1. The zero-order valence-electron chi connectivity index (χ0n) is 20.8. The Kier molecular flexibility index (Phi) is 6.13. The fourth-order valence-electron chi connectivity index (χ4n) is 4.65. The number of benzene rings is 2. The van der Waals surface area contributed by atoms with Gasteiger partial charge in [0.1, 0.15) is 11.5 Å². The molecule has 6 aromatic rings. The first-order valence-corrected chi connectivity index (χ1v) is 12.6. The van der Waals surface area contributed by atoms with E-state index in [0.29, 0.717) is 12.1 Å². The van der Waals surface area contributed by atoms with E-state index < -0.39 is 0 Å². The van der Waals surface area contributed by atoms with Crippen molar-refractivity contribution in [2.45, 2.75) is 26.2 Å². The van der Waals surface area contributed by atoms with Crippen LogP contribution in [0.5, 0.6) is 0 Å². The third kappa shape index (κ3) is 4.52. The number of rotatable bonds is 7. The molecule has 1 amide bonds. The molecule has 4 aromatic heterocycles. The summed E-state index contributed by atoms with van der Waals surface area (Å²) in [5.74, 6) is -0.291. The van der Waals surface area contributed by atoms with Gasteiger partial charge in [-0.1, -0.05) is 19.4 Å². The van der Waals surface area contributed by atoms with Gasteiger partial charge in [0.15, 0.2) is 0 Å². The van der Waals surface area contributed by atoms with Gasteiger partial charge in [0, 0.05) is 46.2 Å². The maximum absolute atomic E-state index is 13.5. The molecule has 0 fully saturated rings. The lowest BCUT2D eigenvalue weighted by molar-refractivity contribution is -0.116. The molecule has 3 N–H and O–H groups in total. The number of halogens is 1. The lowest BCUT2D eigenvalue weighted by Crippen LogP contribution is -2.11. The molecule has 188 valence electrons. The van der Waals surface area contributed by atoms with Gasteiger partial charge in [-0.25, -0.2) is 4.39 Å². The molecule has 0 radical (unpaired) electrons. The minimum Gasteiger partial charge on any atom is -0.353 e. The highest BCUT2D eigenvalue weighted by atomic mass is 19.1. The van der Waals surface area contributed by atoms with Crippen molar-refractivity contribution < 1.29 is 9.18 Å². The zero-order valence-corrected chi connectivity index (χ0v) is 20.8. The number of nitrogens with zero attached hydrogens (tertiary/aromatic N) is 3. The summed E-state index contributed by atoms with van der Waals surface area (Å²) in [5.41, 5.74) is 7.57. The van der Waals surface area contributed by atoms with Crippen molar-refractivity contribution in [3.05, 3.63) is 85.1 Å². The molecule has 0 unspecified atom stereocenters. The average Bonchev–Trinajstić information content (AvgIpc) is 3.56. The minimum absolute atomic E-state index is 0.00770. The molecule has 0 aliphatic rings. The smallest absolute Gasteiger partial charge is 0.224 e. The van der Waals surface area contributed by atoms with Gasteiger partial charge in [-0.3, -0.25) is 19.9 Å².